The molecule has 0 spiro atoms. The van der Waals surface area contributed by atoms with E-state index in [2.05, 4.69) is 16.0 Å². The van der Waals surface area contributed by atoms with Crippen molar-refractivity contribution >= 4 is 10.8 Å². The van der Waals surface area contributed by atoms with Crippen molar-refractivity contribution in [2.45, 2.75) is 19.3 Å². The fourth-order valence-electron chi connectivity index (χ4n) is 3.07. The zero-order valence-electron chi connectivity index (χ0n) is 14.5. The third-order valence-corrected chi connectivity index (χ3v) is 4.25. The molecule has 0 N–H and O–H groups in total. The Morgan fingerprint density at radius 2 is 1.80 bits per heavy atom. The van der Waals surface area contributed by atoms with E-state index in [9.17, 15) is 5.26 Å². The van der Waals surface area contributed by atoms with Gasteiger partial charge in [-0.15, -0.1) is 0 Å². The molecule has 0 amide bonds. The van der Waals surface area contributed by atoms with Gasteiger partial charge in [-0.1, -0.05) is 49.4 Å². The summed E-state index contributed by atoms with van der Waals surface area (Å²) >= 11 is 0. The molecule has 0 saturated carbocycles. The highest BCUT2D eigenvalue weighted by atomic mass is 16.5. The van der Waals surface area contributed by atoms with Crippen LogP contribution in [-0.2, 0) is 6.42 Å². The normalized spacial score (nSPS) is 11.8. The van der Waals surface area contributed by atoms with Crippen LogP contribution in [0.2, 0.25) is 0 Å². The zero-order valence-corrected chi connectivity index (χ0v) is 14.5. The van der Waals surface area contributed by atoms with Crippen LogP contribution in [0, 0.1) is 11.3 Å². The Hall–Kier alpha value is -3.13. The average Bonchev–Trinajstić information content (AvgIpc) is 2.68. The van der Waals surface area contributed by atoms with Crippen LogP contribution in [0.25, 0.3) is 10.8 Å². The summed E-state index contributed by atoms with van der Waals surface area (Å²) in [5.74, 6) is -0.0864. The summed E-state index contributed by atoms with van der Waals surface area (Å²) in [5.41, 5.74) is 2.37. The number of ether oxygens (including phenoxy) is 2. The van der Waals surface area contributed by atoms with Gasteiger partial charge in [-0.2, -0.15) is 15.2 Å². The predicted molar refractivity (Wildman–Crippen MR) is 95.9 cm³/mol. The van der Waals surface area contributed by atoms with Crippen LogP contribution in [0.4, 0.5) is 0 Å². The van der Waals surface area contributed by atoms with E-state index in [0.29, 0.717) is 18.0 Å². The molecule has 1 aromatic heterocycles. The Bertz CT molecular complexity index is 942. The van der Waals surface area contributed by atoms with Crippen LogP contribution in [0.5, 0.6) is 11.9 Å². The third kappa shape index (κ3) is 2.99. The van der Waals surface area contributed by atoms with Gasteiger partial charge in [0.05, 0.1) is 26.0 Å². The Morgan fingerprint density at radius 1 is 1.04 bits per heavy atom. The lowest BCUT2D eigenvalue weighted by Gasteiger charge is -2.17. The van der Waals surface area contributed by atoms with Crippen molar-refractivity contribution in [1.29, 1.82) is 5.26 Å². The fourth-order valence-corrected chi connectivity index (χ4v) is 3.07. The van der Waals surface area contributed by atoms with E-state index in [1.165, 1.54) is 7.11 Å². The highest BCUT2D eigenvalue weighted by Crippen LogP contribution is 2.34. The van der Waals surface area contributed by atoms with E-state index in [4.69, 9.17) is 9.47 Å². The van der Waals surface area contributed by atoms with Crippen molar-refractivity contribution in [2.24, 2.45) is 0 Å². The molecule has 0 radical (unpaired) electrons. The van der Waals surface area contributed by atoms with Crippen LogP contribution >= 0.6 is 0 Å². The second-order valence-electron chi connectivity index (χ2n) is 5.57. The van der Waals surface area contributed by atoms with Crippen LogP contribution in [0.15, 0.2) is 42.5 Å². The first-order valence-electron chi connectivity index (χ1n) is 8.09. The maximum Gasteiger partial charge on any atom is 0.319 e. The van der Waals surface area contributed by atoms with E-state index >= 15 is 0 Å². The Labute approximate surface area is 146 Å². The zero-order chi connectivity index (χ0) is 17.8. The van der Waals surface area contributed by atoms with Crippen LogP contribution in [-0.4, -0.2) is 24.2 Å². The summed E-state index contributed by atoms with van der Waals surface area (Å²) in [6.45, 7) is 1.99. The second-order valence-corrected chi connectivity index (χ2v) is 5.57. The van der Waals surface area contributed by atoms with Crippen molar-refractivity contribution < 1.29 is 9.47 Å². The smallest absolute Gasteiger partial charge is 0.319 e. The van der Waals surface area contributed by atoms with E-state index in [-0.39, 0.29) is 6.01 Å². The van der Waals surface area contributed by atoms with Gasteiger partial charge in [0.15, 0.2) is 0 Å². The Morgan fingerprint density at radius 3 is 2.48 bits per heavy atom. The molecule has 1 heterocycles. The maximum absolute atomic E-state index is 9.95. The molecule has 0 aliphatic heterocycles. The molecule has 0 fully saturated rings. The molecule has 3 aromatic rings. The van der Waals surface area contributed by atoms with Gasteiger partial charge in [0, 0.05) is 5.56 Å². The van der Waals surface area contributed by atoms with Gasteiger partial charge in [-0.3, -0.25) is 0 Å². The number of benzene rings is 2. The molecule has 5 nitrogen and oxygen atoms in total. The summed E-state index contributed by atoms with van der Waals surface area (Å²) in [7, 11) is 3.06. The lowest BCUT2D eigenvalue weighted by Crippen LogP contribution is -2.10. The number of hydrogen-bond acceptors (Lipinski definition) is 5. The van der Waals surface area contributed by atoms with Crippen molar-refractivity contribution in [2.75, 3.05) is 14.2 Å². The topological polar surface area (TPSA) is 68.0 Å². The number of rotatable bonds is 5. The van der Waals surface area contributed by atoms with Gasteiger partial charge in [0.1, 0.15) is 5.92 Å². The number of methoxy groups -OCH3 is 2. The predicted octanol–water partition coefficient (Wildman–Crippen LogP) is 3.86. The van der Waals surface area contributed by atoms with Crippen molar-refractivity contribution in [1.82, 2.24) is 9.97 Å². The molecule has 0 bridgehead atoms. The largest absolute Gasteiger partial charge is 0.481 e. The molecule has 0 aliphatic carbocycles. The average molecular weight is 333 g/mol. The molecule has 2 aromatic carbocycles. The number of hydrogen-bond donors (Lipinski definition) is 0. The molecular weight excluding hydrogens is 314 g/mol. The molecule has 126 valence electrons. The summed E-state index contributed by atoms with van der Waals surface area (Å²) < 4.78 is 10.6. The Balaban J connectivity index is 2.27. The maximum atomic E-state index is 9.95. The minimum absolute atomic E-state index is 0.199. The number of nitrogens with zero attached hydrogens (tertiary/aromatic N) is 3. The van der Waals surface area contributed by atoms with E-state index < -0.39 is 5.92 Å². The molecule has 1 unspecified atom stereocenters. The van der Waals surface area contributed by atoms with Gasteiger partial charge >= 0.3 is 6.01 Å². The standard InChI is InChI=1S/C20H19N3O2/c1-4-14-18(22-20(25-3)23-19(14)24-2)17(12-21)16-11-7-9-13-8-5-6-10-15(13)16/h5-11,17H,4H2,1-3H3. The first kappa shape index (κ1) is 16.7. The summed E-state index contributed by atoms with van der Waals surface area (Å²) in [5, 5.41) is 12.1. The monoisotopic (exact) mass is 333 g/mol. The quantitative estimate of drug-likeness (QED) is 0.709. The third-order valence-electron chi connectivity index (χ3n) is 4.25. The number of fused-ring (bicyclic) bond motifs is 1. The highest BCUT2D eigenvalue weighted by Gasteiger charge is 2.24. The van der Waals surface area contributed by atoms with E-state index in [1.807, 2.05) is 49.4 Å². The first-order chi connectivity index (χ1) is 12.2. The molecule has 25 heavy (non-hydrogen) atoms. The van der Waals surface area contributed by atoms with Crippen molar-refractivity contribution in [3.05, 3.63) is 59.3 Å². The van der Waals surface area contributed by atoms with Gasteiger partial charge in [0.25, 0.3) is 0 Å². The molecule has 0 saturated heterocycles. The van der Waals surface area contributed by atoms with Crippen LogP contribution < -0.4 is 9.47 Å². The number of nitriles is 1. The van der Waals surface area contributed by atoms with Gasteiger partial charge < -0.3 is 9.47 Å². The SMILES string of the molecule is CCc1c(OC)nc(OC)nc1C(C#N)c1cccc2ccccc12. The van der Waals surface area contributed by atoms with E-state index in [1.54, 1.807) is 7.11 Å². The van der Waals surface area contributed by atoms with Gasteiger partial charge in [-0.05, 0) is 22.8 Å². The highest BCUT2D eigenvalue weighted by molar-refractivity contribution is 5.87. The summed E-state index contributed by atoms with van der Waals surface area (Å²) in [6.07, 6.45) is 0.658. The lowest BCUT2D eigenvalue weighted by molar-refractivity contribution is 0.346. The molecular formula is C20H19N3O2. The summed E-state index contributed by atoms with van der Waals surface area (Å²) in [6, 6.07) is 16.6. The molecule has 3 rings (SSSR count). The Kier molecular flexibility index (Phi) is 4.80. The summed E-state index contributed by atoms with van der Waals surface area (Å²) in [4.78, 5) is 8.74. The van der Waals surface area contributed by atoms with Gasteiger partial charge in [-0.25, -0.2) is 0 Å². The molecule has 1 atom stereocenters. The lowest BCUT2D eigenvalue weighted by atomic mass is 9.89. The fraction of sp³-hybridized carbons (Fsp3) is 0.250. The second kappa shape index (κ2) is 7.18. The molecule has 5 heteroatoms. The molecule has 0 aliphatic rings. The van der Waals surface area contributed by atoms with Crippen molar-refractivity contribution in [3.63, 3.8) is 0 Å². The minimum atomic E-state index is -0.535. The van der Waals surface area contributed by atoms with Crippen LogP contribution in [0.3, 0.4) is 0 Å². The van der Waals surface area contributed by atoms with E-state index in [0.717, 1.165) is 21.9 Å². The van der Waals surface area contributed by atoms with Crippen LogP contribution in [0.1, 0.15) is 29.7 Å². The minimum Gasteiger partial charge on any atom is -0.481 e. The number of aromatic nitrogens is 2. The van der Waals surface area contributed by atoms with Crippen molar-refractivity contribution in [3.8, 4) is 18.0 Å². The van der Waals surface area contributed by atoms with Gasteiger partial charge in [0.2, 0.25) is 5.88 Å². The first-order valence-corrected chi connectivity index (χ1v) is 8.09.